The van der Waals surface area contributed by atoms with E-state index < -0.39 is 23.3 Å². The maximum absolute atomic E-state index is 12.3. The van der Waals surface area contributed by atoms with Crippen LogP contribution in [0.4, 0.5) is 0 Å². The monoisotopic (exact) mass is 403 g/mol. The average Bonchev–Trinajstić information content (AvgIpc) is 2.96. The van der Waals surface area contributed by atoms with Crippen LogP contribution in [0.1, 0.15) is 71.6 Å². The summed E-state index contributed by atoms with van der Waals surface area (Å²) < 4.78 is 15.2. The second-order valence-corrected chi connectivity index (χ2v) is 9.54. The first-order chi connectivity index (χ1) is 14.0. The summed E-state index contributed by atoms with van der Waals surface area (Å²) in [6, 6.07) is 0.182. The van der Waals surface area contributed by atoms with Crippen LogP contribution in [-0.4, -0.2) is 52.2 Å². The predicted octanol–water partition coefficient (Wildman–Crippen LogP) is 0.975. The second kappa shape index (κ2) is 6.98. The Bertz CT molecular complexity index is 752. The van der Waals surface area contributed by atoms with E-state index in [0.717, 1.165) is 57.3 Å². The molecular weight excluding hydrogens is 370 g/mol. The van der Waals surface area contributed by atoms with Gasteiger partial charge in [-0.3, -0.25) is 4.58 Å². The SMILES string of the molecule is CC[C@H]1C=CCC[C@@]2(C[C@@H]3CC[C@@H]4[C@H](C(=O)[O-])[C@]5(CCC[C@@H](C)O5)NC(=[N+]34)N2)O1. The van der Waals surface area contributed by atoms with Gasteiger partial charge in [-0.25, -0.2) is 10.6 Å². The number of ether oxygens (including phenoxy) is 2. The molecule has 29 heavy (non-hydrogen) atoms. The van der Waals surface area contributed by atoms with Crippen LogP contribution < -0.4 is 15.7 Å². The van der Waals surface area contributed by atoms with Crippen LogP contribution in [0.2, 0.25) is 0 Å². The number of carbonyl (C=O) groups is 1. The number of guanidine groups is 1. The molecule has 2 N–H and O–H groups in total. The van der Waals surface area contributed by atoms with E-state index in [9.17, 15) is 9.90 Å². The van der Waals surface area contributed by atoms with E-state index in [0.29, 0.717) is 6.42 Å². The molecule has 2 saturated heterocycles. The second-order valence-electron chi connectivity index (χ2n) is 9.54. The van der Waals surface area contributed by atoms with Gasteiger partial charge in [-0.1, -0.05) is 19.1 Å². The van der Waals surface area contributed by atoms with Crippen molar-refractivity contribution in [1.82, 2.24) is 10.6 Å². The third kappa shape index (κ3) is 3.08. The zero-order valence-corrected chi connectivity index (χ0v) is 17.5. The lowest BCUT2D eigenvalue weighted by atomic mass is 9.80. The highest BCUT2D eigenvalue weighted by atomic mass is 16.5. The molecule has 160 valence electrons. The quantitative estimate of drug-likeness (QED) is 0.528. The van der Waals surface area contributed by atoms with Crippen molar-refractivity contribution in [2.24, 2.45) is 5.92 Å². The Morgan fingerprint density at radius 2 is 2.14 bits per heavy atom. The Hall–Kier alpha value is -1.60. The number of hydrogen-bond acceptors (Lipinski definition) is 6. The van der Waals surface area contributed by atoms with Crippen LogP contribution in [0, 0.1) is 5.92 Å². The zero-order valence-electron chi connectivity index (χ0n) is 17.5. The number of nitrogens with zero attached hydrogens (tertiary/aromatic N) is 1. The Balaban J connectivity index is 1.52. The molecule has 0 aromatic heterocycles. The lowest BCUT2D eigenvalue weighted by molar-refractivity contribution is -0.610. The summed E-state index contributed by atoms with van der Waals surface area (Å²) in [5, 5.41) is 19.5. The molecule has 5 heterocycles. The van der Waals surface area contributed by atoms with Crippen molar-refractivity contribution in [3.63, 3.8) is 0 Å². The van der Waals surface area contributed by atoms with Gasteiger partial charge in [0.05, 0.1) is 36.2 Å². The molecule has 0 aliphatic carbocycles. The summed E-state index contributed by atoms with van der Waals surface area (Å²) >= 11 is 0. The lowest BCUT2D eigenvalue weighted by Gasteiger charge is -2.51. The normalized spacial score (nSPS) is 46.2. The first kappa shape index (κ1) is 19.4. The minimum atomic E-state index is -1.00. The van der Waals surface area contributed by atoms with E-state index in [4.69, 9.17) is 9.47 Å². The lowest BCUT2D eigenvalue weighted by Crippen LogP contribution is -2.77. The summed E-state index contributed by atoms with van der Waals surface area (Å²) in [6.07, 6.45) is 12.7. The third-order valence-corrected chi connectivity index (χ3v) is 7.60. The maximum Gasteiger partial charge on any atom is 0.350 e. The van der Waals surface area contributed by atoms with Gasteiger partial charge in [-0.2, -0.15) is 0 Å². The van der Waals surface area contributed by atoms with Gasteiger partial charge in [-0.15, -0.1) is 0 Å². The standard InChI is InChI=1S/C22H33N3O4/c1-3-16-8-4-5-11-21(29-16)13-15-9-10-17-18(19(26)27)22(12-6-7-14(2)28-22)24-20(23-21)25(15)17/h4,8,14-18H,3,5-7,9-13H2,1-2H3,(H2,23,24,26,27)/t14-,15+,16+,17-,18-,21+,22-/m1/s1. The number of nitrogens with one attached hydrogen (secondary N) is 2. The molecule has 0 unspecified atom stereocenters. The molecule has 0 bridgehead atoms. The molecule has 5 aliphatic rings. The summed E-state index contributed by atoms with van der Waals surface area (Å²) in [7, 11) is 0. The van der Waals surface area contributed by atoms with E-state index in [1.54, 1.807) is 0 Å². The number of allylic oxidation sites excluding steroid dienone is 1. The number of aliphatic carboxylic acids is 1. The van der Waals surface area contributed by atoms with Gasteiger partial charge < -0.3 is 19.4 Å². The minimum absolute atomic E-state index is 0.0304. The van der Waals surface area contributed by atoms with Crippen LogP contribution in [0.15, 0.2) is 12.2 Å². The van der Waals surface area contributed by atoms with E-state index in [2.05, 4.69) is 34.3 Å². The van der Waals surface area contributed by atoms with Crippen LogP contribution >= 0.6 is 0 Å². The van der Waals surface area contributed by atoms with Crippen molar-refractivity contribution in [1.29, 1.82) is 0 Å². The molecule has 7 nitrogen and oxygen atoms in total. The van der Waals surface area contributed by atoms with Crippen molar-refractivity contribution in [3.8, 4) is 0 Å². The van der Waals surface area contributed by atoms with E-state index >= 15 is 0 Å². The summed E-state index contributed by atoms with van der Waals surface area (Å²) in [4.78, 5) is 12.3. The zero-order chi connectivity index (χ0) is 20.2. The van der Waals surface area contributed by atoms with Gasteiger partial charge >= 0.3 is 5.96 Å². The number of hydrogen-bond donors (Lipinski definition) is 2. The Morgan fingerprint density at radius 3 is 2.90 bits per heavy atom. The molecule has 5 rings (SSSR count). The van der Waals surface area contributed by atoms with Crippen molar-refractivity contribution in [2.75, 3.05) is 0 Å². The Morgan fingerprint density at radius 1 is 1.28 bits per heavy atom. The molecule has 2 spiro atoms. The molecule has 0 amide bonds. The molecule has 0 radical (unpaired) electrons. The largest absolute Gasteiger partial charge is 0.549 e. The highest BCUT2D eigenvalue weighted by Crippen LogP contribution is 2.45. The fraction of sp³-hybridized carbons (Fsp3) is 0.818. The molecule has 0 aromatic rings. The molecule has 0 saturated carbocycles. The number of carboxylic acids is 1. The Kier molecular flexibility index (Phi) is 4.66. The first-order valence-electron chi connectivity index (χ1n) is 11.4. The van der Waals surface area contributed by atoms with Crippen LogP contribution in [-0.2, 0) is 14.3 Å². The summed E-state index contributed by atoms with van der Waals surface area (Å²) in [5.41, 5.74) is -1.32. The molecular formula is C22H33N3O4. The summed E-state index contributed by atoms with van der Waals surface area (Å²) in [6.45, 7) is 4.18. The molecule has 2 fully saturated rings. The van der Waals surface area contributed by atoms with Gasteiger partial charge in [0, 0.05) is 19.3 Å². The number of carbonyl (C=O) groups excluding carboxylic acids is 1. The molecule has 7 heteroatoms. The topological polar surface area (TPSA) is 85.7 Å². The summed E-state index contributed by atoms with van der Waals surface area (Å²) in [5.74, 6) is -0.778. The van der Waals surface area contributed by atoms with E-state index in [1.807, 2.05) is 6.92 Å². The first-order valence-corrected chi connectivity index (χ1v) is 11.4. The van der Waals surface area contributed by atoms with Gasteiger partial charge in [-0.05, 0) is 45.4 Å². The fourth-order valence-electron chi connectivity index (χ4n) is 6.40. The van der Waals surface area contributed by atoms with Crippen LogP contribution in [0.5, 0.6) is 0 Å². The Labute approximate surface area is 172 Å². The highest BCUT2D eigenvalue weighted by Gasteiger charge is 2.62. The van der Waals surface area contributed by atoms with Gasteiger partial charge in [0.1, 0.15) is 0 Å². The van der Waals surface area contributed by atoms with Crippen molar-refractivity contribution < 1.29 is 24.0 Å². The molecule has 5 aliphatic heterocycles. The molecule has 0 aromatic carbocycles. The van der Waals surface area contributed by atoms with Gasteiger partial charge in [0.2, 0.25) is 0 Å². The van der Waals surface area contributed by atoms with Crippen molar-refractivity contribution in [2.45, 2.75) is 107 Å². The average molecular weight is 404 g/mol. The highest BCUT2D eigenvalue weighted by molar-refractivity contribution is 5.81. The minimum Gasteiger partial charge on any atom is -0.549 e. The van der Waals surface area contributed by atoms with Gasteiger partial charge in [0.15, 0.2) is 11.4 Å². The van der Waals surface area contributed by atoms with Crippen LogP contribution in [0.25, 0.3) is 0 Å². The van der Waals surface area contributed by atoms with E-state index in [-0.39, 0.29) is 24.3 Å². The van der Waals surface area contributed by atoms with Crippen molar-refractivity contribution in [3.05, 3.63) is 12.2 Å². The molecule has 7 atom stereocenters. The fourth-order valence-corrected chi connectivity index (χ4v) is 6.40. The maximum atomic E-state index is 12.3. The van der Waals surface area contributed by atoms with Crippen LogP contribution in [0.3, 0.4) is 0 Å². The third-order valence-electron chi connectivity index (χ3n) is 7.60. The number of rotatable bonds is 2. The van der Waals surface area contributed by atoms with Gasteiger partial charge in [0.25, 0.3) is 0 Å². The number of carboxylic acid groups (broad SMARTS) is 1. The smallest absolute Gasteiger partial charge is 0.350 e. The van der Waals surface area contributed by atoms with E-state index in [1.165, 1.54) is 0 Å². The predicted molar refractivity (Wildman–Crippen MR) is 105 cm³/mol. The van der Waals surface area contributed by atoms with Crippen molar-refractivity contribution >= 4 is 11.9 Å².